The van der Waals surface area contributed by atoms with Crippen LogP contribution in [0.1, 0.15) is 45.6 Å². The van der Waals surface area contributed by atoms with Crippen molar-refractivity contribution < 1.29 is 9.13 Å². The second-order valence-electron chi connectivity index (χ2n) is 7.66. The third kappa shape index (κ3) is 2.26. The zero-order valence-corrected chi connectivity index (χ0v) is 13.5. The maximum atomic E-state index is 14.3. The van der Waals surface area contributed by atoms with Crippen LogP contribution >= 0.6 is 0 Å². The minimum Gasteiger partial charge on any atom is -0.494 e. The molecule has 3 unspecified atom stereocenters. The molecule has 2 aliphatic carbocycles. The van der Waals surface area contributed by atoms with Gasteiger partial charge in [-0.1, -0.05) is 32.9 Å². The highest BCUT2D eigenvalue weighted by molar-refractivity contribution is 5.31. The van der Waals surface area contributed by atoms with Crippen molar-refractivity contribution in [2.45, 2.75) is 52.6 Å². The molecule has 3 heteroatoms. The van der Waals surface area contributed by atoms with E-state index in [1.165, 1.54) is 26.4 Å². The lowest BCUT2D eigenvalue weighted by molar-refractivity contribution is 0.107. The first kappa shape index (κ1) is 14.8. The molecular weight excluding hydrogens is 265 g/mol. The van der Waals surface area contributed by atoms with Crippen LogP contribution in [0, 0.1) is 22.6 Å². The van der Waals surface area contributed by atoms with E-state index in [0.29, 0.717) is 34.7 Å². The number of hydrogen-bond donors (Lipinski definition) is 1. The standard InChI is InChI=1S/C18H26FNO/c1-17(2)13-8-9-18(3,10-13)16(17)20-11-12-6-5-7-14(21-4)15(12)19/h5-7,13,16,20H,8-11H2,1-4H3. The van der Waals surface area contributed by atoms with Crippen molar-refractivity contribution in [2.75, 3.05) is 7.11 Å². The summed E-state index contributed by atoms with van der Waals surface area (Å²) in [5.41, 5.74) is 1.35. The third-order valence-electron chi connectivity index (χ3n) is 6.03. The van der Waals surface area contributed by atoms with E-state index in [4.69, 9.17) is 4.74 Å². The number of fused-ring (bicyclic) bond motifs is 2. The van der Waals surface area contributed by atoms with Gasteiger partial charge >= 0.3 is 0 Å². The molecule has 2 bridgehead atoms. The summed E-state index contributed by atoms with van der Waals surface area (Å²) < 4.78 is 19.3. The molecule has 3 rings (SSSR count). The number of ether oxygens (including phenoxy) is 1. The number of benzene rings is 1. The van der Waals surface area contributed by atoms with Crippen LogP contribution < -0.4 is 10.1 Å². The van der Waals surface area contributed by atoms with Crippen molar-refractivity contribution in [2.24, 2.45) is 16.7 Å². The van der Waals surface area contributed by atoms with Gasteiger partial charge in [-0.15, -0.1) is 0 Å². The molecule has 0 aromatic heterocycles. The average molecular weight is 291 g/mol. The fraction of sp³-hybridized carbons (Fsp3) is 0.667. The molecule has 0 radical (unpaired) electrons. The Balaban J connectivity index is 1.76. The van der Waals surface area contributed by atoms with Gasteiger partial charge in [0.2, 0.25) is 0 Å². The molecule has 3 atom stereocenters. The summed E-state index contributed by atoms with van der Waals surface area (Å²) in [7, 11) is 1.51. The van der Waals surface area contributed by atoms with E-state index < -0.39 is 0 Å². The highest BCUT2D eigenvalue weighted by Crippen LogP contribution is 2.62. The lowest BCUT2D eigenvalue weighted by atomic mass is 9.68. The van der Waals surface area contributed by atoms with Gasteiger partial charge in [0.15, 0.2) is 11.6 Å². The molecule has 2 nitrogen and oxygen atoms in total. The van der Waals surface area contributed by atoms with Crippen molar-refractivity contribution in [1.82, 2.24) is 5.32 Å². The molecule has 2 saturated carbocycles. The molecule has 1 N–H and O–H groups in total. The molecule has 116 valence electrons. The summed E-state index contributed by atoms with van der Waals surface area (Å²) in [6, 6.07) is 5.82. The Kier molecular flexibility index (Phi) is 3.52. The van der Waals surface area contributed by atoms with Crippen LogP contribution in [-0.4, -0.2) is 13.2 Å². The Morgan fingerprint density at radius 3 is 2.71 bits per heavy atom. The van der Waals surface area contributed by atoms with E-state index in [1.54, 1.807) is 6.07 Å². The van der Waals surface area contributed by atoms with Gasteiger partial charge in [-0.3, -0.25) is 0 Å². The van der Waals surface area contributed by atoms with Gasteiger partial charge in [0.1, 0.15) is 0 Å². The summed E-state index contributed by atoms with van der Waals surface area (Å²) in [6.07, 6.45) is 3.94. The molecule has 2 aliphatic rings. The zero-order valence-electron chi connectivity index (χ0n) is 13.5. The largest absolute Gasteiger partial charge is 0.494 e. The SMILES string of the molecule is COc1cccc(CNC2C3(C)CCC(C3)C2(C)C)c1F. The molecule has 0 aliphatic heterocycles. The van der Waals surface area contributed by atoms with Crippen molar-refractivity contribution >= 4 is 0 Å². The number of hydrogen-bond acceptors (Lipinski definition) is 2. The first-order valence-electron chi connectivity index (χ1n) is 7.93. The second kappa shape index (κ2) is 4.98. The number of nitrogens with one attached hydrogen (secondary N) is 1. The minimum atomic E-state index is -0.237. The van der Waals surface area contributed by atoms with Crippen LogP contribution in [0.3, 0.4) is 0 Å². The molecular formula is C18H26FNO. The van der Waals surface area contributed by atoms with Crippen molar-refractivity contribution in [1.29, 1.82) is 0 Å². The van der Waals surface area contributed by atoms with Crippen molar-refractivity contribution in [3.8, 4) is 5.75 Å². The van der Waals surface area contributed by atoms with Crippen LogP contribution in [0.2, 0.25) is 0 Å². The lowest BCUT2D eigenvalue weighted by Crippen LogP contribution is -2.50. The third-order valence-corrected chi connectivity index (χ3v) is 6.03. The summed E-state index contributed by atoms with van der Waals surface area (Å²) in [6.45, 7) is 7.68. The van der Waals surface area contributed by atoms with Gasteiger partial charge in [0.05, 0.1) is 7.11 Å². The number of halogens is 1. The highest BCUT2D eigenvalue weighted by Gasteiger charge is 2.58. The summed E-state index contributed by atoms with van der Waals surface area (Å²) >= 11 is 0. The quantitative estimate of drug-likeness (QED) is 0.900. The molecule has 21 heavy (non-hydrogen) atoms. The van der Waals surface area contributed by atoms with E-state index >= 15 is 0 Å². The van der Waals surface area contributed by atoms with Gasteiger partial charge in [-0.25, -0.2) is 4.39 Å². The zero-order chi connectivity index (χ0) is 15.3. The van der Waals surface area contributed by atoms with Crippen LogP contribution in [0.25, 0.3) is 0 Å². The number of rotatable bonds is 4. The highest BCUT2D eigenvalue weighted by atomic mass is 19.1. The maximum Gasteiger partial charge on any atom is 0.169 e. The smallest absolute Gasteiger partial charge is 0.169 e. The van der Waals surface area contributed by atoms with E-state index in [0.717, 1.165) is 5.92 Å². The van der Waals surface area contributed by atoms with E-state index in [9.17, 15) is 4.39 Å². The molecule has 0 heterocycles. The Hall–Kier alpha value is -1.09. The summed E-state index contributed by atoms with van der Waals surface area (Å²) in [4.78, 5) is 0. The first-order valence-corrected chi connectivity index (χ1v) is 7.93. The normalized spacial score (nSPS) is 33.4. The van der Waals surface area contributed by atoms with Gasteiger partial charge in [0, 0.05) is 18.2 Å². The monoisotopic (exact) mass is 291 g/mol. The van der Waals surface area contributed by atoms with Crippen LogP contribution in [0.15, 0.2) is 18.2 Å². The Bertz CT molecular complexity index is 537. The molecule has 0 saturated heterocycles. The Morgan fingerprint density at radius 2 is 2.10 bits per heavy atom. The predicted octanol–water partition coefficient (Wildman–Crippen LogP) is 4.14. The Morgan fingerprint density at radius 1 is 1.33 bits per heavy atom. The van der Waals surface area contributed by atoms with Gasteiger partial charge in [0.25, 0.3) is 0 Å². The van der Waals surface area contributed by atoms with Crippen LogP contribution in [0.5, 0.6) is 5.75 Å². The first-order chi connectivity index (χ1) is 9.88. The summed E-state index contributed by atoms with van der Waals surface area (Å²) in [5.74, 6) is 0.890. The van der Waals surface area contributed by atoms with Crippen LogP contribution in [-0.2, 0) is 6.54 Å². The van der Waals surface area contributed by atoms with E-state index in [-0.39, 0.29) is 5.82 Å². The summed E-state index contributed by atoms with van der Waals surface area (Å²) in [5, 5.41) is 3.66. The second-order valence-corrected chi connectivity index (χ2v) is 7.66. The predicted molar refractivity (Wildman–Crippen MR) is 82.8 cm³/mol. The topological polar surface area (TPSA) is 21.3 Å². The Labute approximate surface area is 127 Å². The number of methoxy groups -OCH3 is 1. The van der Waals surface area contributed by atoms with Gasteiger partial charge in [-0.2, -0.15) is 0 Å². The average Bonchev–Trinajstić information content (AvgIpc) is 2.91. The van der Waals surface area contributed by atoms with Crippen LogP contribution in [0.4, 0.5) is 4.39 Å². The molecule has 1 aromatic carbocycles. The van der Waals surface area contributed by atoms with E-state index in [2.05, 4.69) is 26.1 Å². The fourth-order valence-electron chi connectivity index (χ4n) is 4.87. The van der Waals surface area contributed by atoms with Crippen molar-refractivity contribution in [3.05, 3.63) is 29.6 Å². The minimum absolute atomic E-state index is 0.237. The molecule has 1 aromatic rings. The molecule has 0 amide bonds. The van der Waals surface area contributed by atoms with E-state index in [1.807, 2.05) is 12.1 Å². The molecule has 2 fully saturated rings. The van der Waals surface area contributed by atoms with Crippen molar-refractivity contribution in [3.63, 3.8) is 0 Å². The lowest BCUT2D eigenvalue weighted by Gasteiger charge is -2.43. The van der Waals surface area contributed by atoms with Gasteiger partial charge < -0.3 is 10.1 Å². The molecule has 0 spiro atoms. The maximum absolute atomic E-state index is 14.3. The van der Waals surface area contributed by atoms with Gasteiger partial charge in [-0.05, 0) is 42.1 Å². The fourth-order valence-corrected chi connectivity index (χ4v) is 4.87.